The highest BCUT2D eigenvalue weighted by atomic mass is 32.1. The summed E-state index contributed by atoms with van der Waals surface area (Å²) in [7, 11) is 1.72. The molecule has 0 aromatic rings. The molecule has 0 aromatic heterocycles. The molecule has 0 fully saturated rings. The Morgan fingerprint density at radius 1 is 1.44 bits per heavy atom. The summed E-state index contributed by atoms with van der Waals surface area (Å²) in [5.41, 5.74) is 0. The van der Waals surface area contributed by atoms with Gasteiger partial charge in [0, 0.05) is 33.4 Å². The van der Waals surface area contributed by atoms with E-state index in [4.69, 9.17) is 17.0 Å². The van der Waals surface area contributed by atoms with Gasteiger partial charge in [0.05, 0.1) is 0 Å². The summed E-state index contributed by atoms with van der Waals surface area (Å²) >= 11 is 5.36. The third kappa shape index (κ3) is 7.01. The zero-order valence-electron chi connectivity index (χ0n) is 11.1. The van der Waals surface area contributed by atoms with E-state index >= 15 is 0 Å². The molecule has 0 aliphatic carbocycles. The van der Waals surface area contributed by atoms with Gasteiger partial charge in [-0.15, -0.1) is 0 Å². The van der Waals surface area contributed by atoms with E-state index in [1.807, 2.05) is 0 Å². The highest BCUT2D eigenvalue weighted by molar-refractivity contribution is 7.80. The second-order valence-electron chi connectivity index (χ2n) is 4.13. The molecule has 1 unspecified atom stereocenters. The van der Waals surface area contributed by atoms with Gasteiger partial charge in [-0.3, -0.25) is 0 Å². The van der Waals surface area contributed by atoms with Crippen molar-refractivity contribution in [3.63, 3.8) is 0 Å². The molecule has 0 radical (unpaired) electrons. The van der Waals surface area contributed by atoms with Crippen LogP contribution in [-0.2, 0) is 4.74 Å². The van der Waals surface area contributed by atoms with Crippen LogP contribution in [0.15, 0.2) is 0 Å². The first-order valence-corrected chi connectivity index (χ1v) is 6.58. The minimum atomic E-state index is 0.693. The molecule has 1 atom stereocenters. The van der Waals surface area contributed by atoms with Crippen molar-refractivity contribution in [1.82, 2.24) is 10.2 Å². The third-order valence-corrected chi connectivity index (χ3v) is 3.10. The second-order valence-corrected chi connectivity index (χ2v) is 4.52. The van der Waals surface area contributed by atoms with Gasteiger partial charge < -0.3 is 15.0 Å². The molecule has 16 heavy (non-hydrogen) atoms. The average molecular weight is 246 g/mol. The minimum Gasteiger partial charge on any atom is -0.385 e. The van der Waals surface area contributed by atoms with Crippen LogP contribution >= 0.6 is 12.2 Å². The maximum atomic E-state index is 5.36. The highest BCUT2D eigenvalue weighted by Crippen LogP contribution is 2.04. The quantitative estimate of drug-likeness (QED) is 0.524. The van der Waals surface area contributed by atoms with Crippen molar-refractivity contribution in [3.8, 4) is 0 Å². The fraction of sp³-hybridized carbons (Fsp3) is 0.917. The highest BCUT2D eigenvalue weighted by Gasteiger charge is 2.09. The van der Waals surface area contributed by atoms with Crippen LogP contribution in [0.25, 0.3) is 0 Å². The lowest BCUT2D eigenvalue weighted by molar-refractivity contribution is 0.195. The van der Waals surface area contributed by atoms with E-state index in [1.165, 1.54) is 6.42 Å². The molecule has 3 nitrogen and oxygen atoms in total. The van der Waals surface area contributed by atoms with Crippen LogP contribution < -0.4 is 5.32 Å². The Labute approximate surface area is 106 Å². The predicted molar refractivity (Wildman–Crippen MR) is 73.8 cm³/mol. The van der Waals surface area contributed by atoms with Gasteiger partial charge in [-0.25, -0.2) is 0 Å². The first kappa shape index (κ1) is 15.7. The van der Waals surface area contributed by atoms with Crippen molar-refractivity contribution < 1.29 is 4.74 Å². The van der Waals surface area contributed by atoms with Gasteiger partial charge in [-0.1, -0.05) is 20.3 Å². The molecular weight excluding hydrogens is 220 g/mol. The zero-order chi connectivity index (χ0) is 12.4. The van der Waals surface area contributed by atoms with Gasteiger partial charge in [0.15, 0.2) is 5.11 Å². The first-order valence-electron chi connectivity index (χ1n) is 6.17. The van der Waals surface area contributed by atoms with E-state index in [0.717, 1.165) is 37.8 Å². The van der Waals surface area contributed by atoms with Crippen molar-refractivity contribution in [2.45, 2.75) is 33.6 Å². The van der Waals surface area contributed by atoms with E-state index in [-0.39, 0.29) is 0 Å². The van der Waals surface area contributed by atoms with Crippen molar-refractivity contribution in [3.05, 3.63) is 0 Å². The lowest BCUT2D eigenvalue weighted by Crippen LogP contribution is -2.42. The molecule has 0 spiro atoms. The average Bonchev–Trinajstić information content (AvgIpc) is 2.30. The Morgan fingerprint density at radius 3 is 2.62 bits per heavy atom. The third-order valence-electron chi connectivity index (χ3n) is 2.70. The lowest BCUT2D eigenvalue weighted by atomic mass is 10.1. The summed E-state index contributed by atoms with van der Waals surface area (Å²) in [4.78, 5) is 2.23. The molecule has 0 aromatic carbocycles. The molecule has 4 heteroatoms. The van der Waals surface area contributed by atoms with E-state index in [9.17, 15) is 0 Å². The van der Waals surface area contributed by atoms with Crippen LogP contribution in [0.4, 0.5) is 0 Å². The van der Waals surface area contributed by atoms with E-state index in [2.05, 4.69) is 31.0 Å². The molecule has 0 amide bonds. The smallest absolute Gasteiger partial charge is 0.168 e. The van der Waals surface area contributed by atoms with Crippen LogP contribution in [0.2, 0.25) is 0 Å². The van der Waals surface area contributed by atoms with E-state index in [0.29, 0.717) is 5.92 Å². The molecule has 0 saturated carbocycles. The van der Waals surface area contributed by atoms with Gasteiger partial charge in [0.1, 0.15) is 0 Å². The van der Waals surface area contributed by atoms with Crippen molar-refractivity contribution in [2.24, 2.45) is 5.92 Å². The predicted octanol–water partition coefficient (Wildman–Crippen LogP) is 2.27. The second kappa shape index (κ2) is 9.85. The van der Waals surface area contributed by atoms with Crippen molar-refractivity contribution >= 4 is 17.3 Å². The van der Waals surface area contributed by atoms with Gasteiger partial charge >= 0.3 is 0 Å². The number of nitrogens with one attached hydrogen (secondary N) is 1. The normalized spacial score (nSPS) is 12.2. The number of ether oxygens (including phenoxy) is 1. The summed E-state index contributed by atoms with van der Waals surface area (Å²) in [6, 6.07) is 0. The Hall–Kier alpha value is -0.350. The summed E-state index contributed by atoms with van der Waals surface area (Å²) in [6.07, 6.45) is 2.19. The number of rotatable bonds is 8. The molecule has 0 saturated heterocycles. The summed E-state index contributed by atoms with van der Waals surface area (Å²) in [5.74, 6) is 0.693. The van der Waals surface area contributed by atoms with Gasteiger partial charge in [-0.2, -0.15) is 0 Å². The molecule has 96 valence electrons. The molecule has 0 rings (SSSR count). The fourth-order valence-electron chi connectivity index (χ4n) is 1.38. The molecule has 0 heterocycles. The Kier molecular flexibility index (Phi) is 9.63. The molecular formula is C12H26N2OS. The van der Waals surface area contributed by atoms with E-state index in [1.54, 1.807) is 7.11 Å². The van der Waals surface area contributed by atoms with Crippen LogP contribution in [0, 0.1) is 5.92 Å². The Morgan fingerprint density at radius 2 is 2.12 bits per heavy atom. The maximum absolute atomic E-state index is 5.36. The van der Waals surface area contributed by atoms with Crippen LogP contribution in [0.5, 0.6) is 0 Å². The number of hydrogen-bond donors (Lipinski definition) is 1. The topological polar surface area (TPSA) is 24.5 Å². The van der Waals surface area contributed by atoms with E-state index < -0.39 is 0 Å². The van der Waals surface area contributed by atoms with Gasteiger partial charge in [0.2, 0.25) is 0 Å². The zero-order valence-corrected chi connectivity index (χ0v) is 11.9. The Balaban J connectivity index is 3.82. The lowest BCUT2D eigenvalue weighted by Gasteiger charge is -2.27. The number of hydrogen-bond acceptors (Lipinski definition) is 2. The largest absolute Gasteiger partial charge is 0.385 e. The first-order chi connectivity index (χ1) is 7.65. The molecule has 0 aliphatic heterocycles. The molecule has 0 aliphatic rings. The van der Waals surface area contributed by atoms with Crippen LogP contribution in [0.3, 0.4) is 0 Å². The van der Waals surface area contributed by atoms with Crippen LogP contribution in [0.1, 0.15) is 33.6 Å². The fourth-order valence-corrected chi connectivity index (χ4v) is 1.69. The minimum absolute atomic E-state index is 0.693. The molecule has 1 N–H and O–H groups in total. The number of nitrogens with zero attached hydrogens (tertiary/aromatic N) is 1. The van der Waals surface area contributed by atoms with Crippen molar-refractivity contribution in [2.75, 3.05) is 33.4 Å². The number of thiocarbonyl (C=S) groups is 1. The summed E-state index contributed by atoms with van der Waals surface area (Å²) < 4.78 is 5.00. The molecule has 0 bridgehead atoms. The monoisotopic (exact) mass is 246 g/mol. The van der Waals surface area contributed by atoms with Crippen molar-refractivity contribution in [1.29, 1.82) is 0 Å². The van der Waals surface area contributed by atoms with Crippen LogP contribution in [-0.4, -0.2) is 43.4 Å². The maximum Gasteiger partial charge on any atom is 0.168 e. The SMILES string of the molecule is CCC(C)CN(CC)C(=S)NCCCOC. The number of methoxy groups -OCH3 is 1. The van der Waals surface area contributed by atoms with Gasteiger partial charge in [-0.05, 0) is 31.5 Å². The Bertz CT molecular complexity index is 188. The summed E-state index contributed by atoms with van der Waals surface area (Å²) in [6.45, 7) is 10.3. The van der Waals surface area contributed by atoms with Gasteiger partial charge in [0.25, 0.3) is 0 Å². The standard InChI is InChI=1S/C12H26N2OS/c1-5-11(3)10-14(6-2)12(16)13-8-7-9-15-4/h11H,5-10H2,1-4H3,(H,13,16). The summed E-state index contributed by atoms with van der Waals surface area (Å²) in [5, 5.41) is 4.15.